The summed E-state index contributed by atoms with van der Waals surface area (Å²) in [5, 5.41) is 0. The van der Waals surface area contributed by atoms with Gasteiger partial charge in [-0.05, 0) is 29.7 Å². The molecule has 160 valence electrons. The maximum atomic E-state index is 14.3. The molecule has 3 aromatic rings. The fraction of sp³-hybridized carbons (Fsp3) is 0.259. The second-order valence-electron chi connectivity index (χ2n) is 9.21. The van der Waals surface area contributed by atoms with Crippen LogP contribution in [0.4, 0.5) is 11.4 Å². The Kier molecular flexibility index (Phi) is 3.59. The molecule has 2 unspecified atom stereocenters. The van der Waals surface area contributed by atoms with Crippen molar-refractivity contribution in [3.8, 4) is 5.75 Å². The predicted molar refractivity (Wildman–Crippen MR) is 123 cm³/mol. The molecule has 0 saturated carbocycles. The lowest BCUT2D eigenvalue weighted by Gasteiger charge is -2.37. The Hall–Kier alpha value is -3.60. The molecule has 5 nitrogen and oxygen atoms in total. The van der Waals surface area contributed by atoms with Crippen molar-refractivity contribution in [3.05, 3.63) is 89.0 Å². The maximum absolute atomic E-state index is 14.3. The van der Waals surface area contributed by atoms with Crippen LogP contribution >= 0.6 is 0 Å². The molecule has 2 amide bonds. The van der Waals surface area contributed by atoms with Crippen LogP contribution in [0.3, 0.4) is 0 Å². The molecule has 32 heavy (non-hydrogen) atoms. The van der Waals surface area contributed by atoms with Crippen LogP contribution < -0.4 is 14.5 Å². The summed E-state index contributed by atoms with van der Waals surface area (Å²) in [5.41, 5.74) is 2.19. The Morgan fingerprint density at radius 1 is 0.750 bits per heavy atom. The number of carbonyl (C=O) groups is 2. The zero-order chi connectivity index (χ0) is 22.4. The molecule has 2 atom stereocenters. The van der Waals surface area contributed by atoms with Gasteiger partial charge in [0.1, 0.15) is 5.75 Å². The quantitative estimate of drug-likeness (QED) is 0.584. The van der Waals surface area contributed by atoms with Crippen LogP contribution in [0.2, 0.25) is 0 Å². The number of nitrogens with zero attached hydrogens (tertiary/aromatic N) is 2. The highest BCUT2D eigenvalue weighted by molar-refractivity contribution is 6.20. The van der Waals surface area contributed by atoms with Crippen molar-refractivity contribution in [2.75, 3.05) is 23.9 Å². The Balaban J connectivity index is 1.78. The summed E-state index contributed by atoms with van der Waals surface area (Å²) in [4.78, 5) is 31.7. The molecule has 3 aliphatic heterocycles. The summed E-state index contributed by atoms with van der Waals surface area (Å²) in [6.45, 7) is 4.24. The Bertz CT molecular complexity index is 1330. The minimum Gasteiger partial charge on any atom is -0.470 e. The van der Waals surface area contributed by atoms with E-state index in [1.54, 1.807) is 23.9 Å². The highest BCUT2D eigenvalue weighted by Crippen LogP contribution is 2.66. The minimum absolute atomic E-state index is 0.145. The van der Waals surface area contributed by atoms with Gasteiger partial charge in [0.25, 0.3) is 5.91 Å². The summed E-state index contributed by atoms with van der Waals surface area (Å²) in [5.74, 6) is 0.528. The third kappa shape index (κ3) is 1.87. The number of amides is 2. The van der Waals surface area contributed by atoms with E-state index in [2.05, 4.69) is 19.9 Å². The van der Waals surface area contributed by atoms with Crippen molar-refractivity contribution >= 4 is 23.2 Å². The van der Waals surface area contributed by atoms with Crippen LogP contribution in [-0.2, 0) is 20.6 Å². The van der Waals surface area contributed by atoms with E-state index in [4.69, 9.17) is 4.74 Å². The Morgan fingerprint density at radius 2 is 1.34 bits per heavy atom. The molecule has 3 aliphatic rings. The zero-order valence-corrected chi connectivity index (χ0v) is 18.5. The number of carbonyl (C=O) groups excluding carboxylic acids is 2. The van der Waals surface area contributed by atoms with Crippen LogP contribution in [0.5, 0.6) is 5.75 Å². The fourth-order valence-electron chi connectivity index (χ4n) is 5.87. The molecule has 0 saturated heterocycles. The van der Waals surface area contributed by atoms with Crippen LogP contribution in [0.1, 0.15) is 42.0 Å². The van der Waals surface area contributed by atoms with Crippen LogP contribution in [0, 0.1) is 0 Å². The molecular formula is C27H24N2O3. The SMILES string of the molecule is CC(C)c1ccc2c(c1)OC1(C(=O)N(C)c3ccccc31)C21C(=O)N(C)c2ccccc21. The molecule has 0 aromatic heterocycles. The Morgan fingerprint density at radius 3 is 2.03 bits per heavy atom. The van der Waals surface area contributed by atoms with E-state index in [1.807, 2.05) is 60.7 Å². The lowest BCUT2D eigenvalue weighted by molar-refractivity contribution is -0.142. The molecule has 0 N–H and O–H groups in total. The van der Waals surface area contributed by atoms with Gasteiger partial charge in [0.15, 0.2) is 5.41 Å². The normalized spacial score (nSPS) is 25.0. The number of hydrogen-bond acceptors (Lipinski definition) is 3. The van der Waals surface area contributed by atoms with Gasteiger partial charge in [-0.2, -0.15) is 0 Å². The number of rotatable bonds is 1. The third-order valence-electron chi connectivity index (χ3n) is 7.41. The Labute approximate surface area is 187 Å². The molecule has 2 spiro atoms. The van der Waals surface area contributed by atoms with Gasteiger partial charge >= 0.3 is 0 Å². The summed E-state index contributed by atoms with van der Waals surface area (Å²) >= 11 is 0. The highest BCUT2D eigenvalue weighted by Gasteiger charge is 2.76. The van der Waals surface area contributed by atoms with E-state index in [0.717, 1.165) is 33.6 Å². The van der Waals surface area contributed by atoms with Crippen molar-refractivity contribution < 1.29 is 14.3 Å². The topological polar surface area (TPSA) is 49.9 Å². The lowest BCUT2D eigenvalue weighted by atomic mass is 9.62. The first-order chi connectivity index (χ1) is 15.4. The molecular weight excluding hydrogens is 400 g/mol. The first-order valence-electron chi connectivity index (χ1n) is 10.9. The molecule has 3 aromatic carbocycles. The van der Waals surface area contributed by atoms with Crippen LogP contribution in [0.25, 0.3) is 0 Å². The first kappa shape index (κ1) is 19.1. The number of hydrogen-bond donors (Lipinski definition) is 0. The number of likely N-dealkylation sites (N-methyl/N-ethyl adjacent to an activating group) is 2. The van der Waals surface area contributed by atoms with E-state index >= 15 is 0 Å². The first-order valence-corrected chi connectivity index (χ1v) is 10.9. The van der Waals surface area contributed by atoms with Gasteiger partial charge in [0.2, 0.25) is 11.5 Å². The fourth-order valence-corrected chi connectivity index (χ4v) is 5.87. The van der Waals surface area contributed by atoms with Crippen LogP contribution in [0.15, 0.2) is 66.7 Å². The van der Waals surface area contributed by atoms with Crippen molar-refractivity contribution in [2.45, 2.75) is 30.8 Å². The number of ether oxygens (including phenoxy) is 1. The predicted octanol–water partition coefficient (Wildman–Crippen LogP) is 4.34. The second kappa shape index (κ2) is 6.00. The van der Waals surface area contributed by atoms with E-state index in [-0.39, 0.29) is 11.8 Å². The number of anilines is 2. The van der Waals surface area contributed by atoms with Gasteiger partial charge in [0.05, 0.1) is 5.69 Å². The highest BCUT2D eigenvalue weighted by atomic mass is 16.5. The van der Waals surface area contributed by atoms with Crippen molar-refractivity contribution in [1.29, 1.82) is 0 Å². The number of benzene rings is 3. The van der Waals surface area contributed by atoms with Crippen molar-refractivity contribution in [1.82, 2.24) is 0 Å². The zero-order valence-electron chi connectivity index (χ0n) is 18.5. The van der Waals surface area contributed by atoms with E-state index < -0.39 is 11.0 Å². The molecule has 5 heteroatoms. The van der Waals surface area contributed by atoms with Gasteiger partial charge < -0.3 is 14.5 Å². The van der Waals surface area contributed by atoms with Crippen molar-refractivity contribution in [2.24, 2.45) is 0 Å². The summed E-state index contributed by atoms with van der Waals surface area (Å²) in [6.07, 6.45) is 0. The lowest BCUT2D eigenvalue weighted by Crippen LogP contribution is -2.59. The van der Waals surface area contributed by atoms with Crippen molar-refractivity contribution in [3.63, 3.8) is 0 Å². The molecule has 0 aliphatic carbocycles. The molecule has 0 radical (unpaired) electrons. The second-order valence-corrected chi connectivity index (χ2v) is 9.21. The minimum atomic E-state index is -1.49. The van der Waals surface area contributed by atoms with E-state index in [9.17, 15) is 9.59 Å². The van der Waals surface area contributed by atoms with Crippen LogP contribution in [-0.4, -0.2) is 25.9 Å². The van der Waals surface area contributed by atoms with E-state index in [0.29, 0.717) is 11.7 Å². The maximum Gasteiger partial charge on any atom is 0.277 e. The number of para-hydroxylation sites is 2. The van der Waals surface area contributed by atoms with Gasteiger partial charge in [-0.15, -0.1) is 0 Å². The van der Waals surface area contributed by atoms with Gasteiger partial charge in [-0.3, -0.25) is 9.59 Å². The monoisotopic (exact) mass is 424 g/mol. The van der Waals surface area contributed by atoms with Gasteiger partial charge in [0, 0.05) is 36.5 Å². The summed E-state index contributed by atoms with van der Waals surface area (Å²) in [7, 11) is 3.53. The average Bonchev–Trinajstić information content (AvgIpc) is 3.32. The molecule has 0 bridgehead atoms. The largest absolute Gasteiger partial charge is 0.470 e. The summed E-state index contributed by atoms with van der Waals surface area (Å²) in [6, 6.07) is 21.4. The van der Waals surface area contributed by atoms with Gasteiger partial charge in [-0.25, -0.2) is 0 Å². The average molecular weight is 425 g/mol. The molecule has 3 heterocycles. The standard InChI is InChI=1S/C27H24N2O3/c1-16(2)17-13-14-20-23(15-17)32-27(19-10-6-8-12-22(19)29(4)25(27)31)26(20)18-9-5-7-11-21(18)28(3)24(26)30/h5-16H,1-4H3. The smallest absolute Gasteiger partial charge is 0.277 e. The van der Waals surface area contributed by atoms with Gasteiger partial charge in [-0.1, -0.05) is 62.4 Å². The molecule has 6 rings (SSSR count). The molecule has 0 fully saturated rings. The summed E-state index contributed by atoms with van der Waals surface area (Å²) < 4.78 is 6.73. The van der Waals surface area contributed by atoms with E-state index in [1.165, 1.54) is 0 Å². The third-order valence-corrected chi connectivity index (χ3v) is 7.41. The number of fused-ring (bicyclic) bond motifs is 7.